The fraction of sp³-hybridized carbons (Fsp3) is 0.350. The predicted octanol–water partition coefficient (Wildman–Crippen LogP) is 4.68. The van der Waals surface area contributed by atoms with Crippen LogP contribution in [0.1, 0.15) is 35.6 Å². The van der Waals surface area contributed by atoms with E-state index in [2.05, 4.69) is 0 Å². The van der Waals surface area contributed by atoms with E-state index in [1.54, 1.807) is 31.2 Å². The molecule has 144 valence electrons. The summed E-state index contributed by atoms with van der Waals surface area (Å²) in [6, 6.07) is 10.3. The smallest absolute Gasteiger partial charge is 0.416 e. The monoisotopic (exact) mass is 380 g/mol. The number of epoxide rings is 1. The van der Waals surface area contributed by atoms with E-state index in [9.17, 15) is 18.0 Å². The summed E-state index contributed by atoms with van der Waals surface area (Å²) in [7, 11) is 0. The normalized spacial score (nSPS) is 21.7. The third kappa shape index (κ3) is 4.08. The highest BCUT2D eigenvalue weighted by Crippen LogP contribution is 2.49. The van der Waals surface area contributed by atoms with Gasteiger partial charge in [0.15, 0.2) is 0 Å². The molecule has 1 aliphatic heterocycles. The molecule has 27 heavy (non-hydrogen) atoms. The number of hydrogen-bond acceptors (Lipinski definition) is 3. The average molecular weight is 380 g/mol. The van der Waals surface area contributed by atoms with Crippen LogP contribution in [0.2, 0.25) is 0 Å². The van der Waals surface area contributed by atoms with Crippen molar-refractivity contribution in [3.8, 4) is 5.75 Å². The summed E-state index contributed by atoms with van der Waals surface area (Å²) in [5.41, 5.74) is 0.371. The van der Waals surface area contributed by atoms with Crippen LogP contribution in [0.4, 0.5) is 13.2 Å². The lowest BCUT2D eigenvalue weighted by Crippen LogP contribution is -2.17. The number of aliphatic carboxylic acids is 1. The lowest BCUT2D eigenvalue weighted by Gasteiger charge is -2.14. The van der Waals surface area contributed by atoms with Gasteiger partial charge in [-0.25, -0.2) is 0 Å². The van der Waals surface area contributed by atoms with Gasteiger partial charge in [0.1, 0.15) is 18.0 Å². The van der Waals surface area contributed by atoms with E-state index in [4.69, 9.17) is 14.6 Å². The SMILES string of the molecule is Cc1ccc(C(F)(F)F)cc1COc1ccc(C2(CC(=O)O)OC2C)cc1. The lowest BCUT2D eigenvalue weighted by molar-refractivity contribution is -0.139. The summed E-state index contributed by atoms with van der Waals surface area (Å²) in [6.07, 6.45) is -4.71. The highest BCUT2D eigenvalue weighted by Gasteiger charge is 2.56. The molecule has 3 rings (SSSR count). The number of halogens is 3. The molecule has 1 saturated heterocycles. The number of ether oxygens (including phenoxy) is 2. The van der Waals surface area contributed by atoms with Crippen LogP contribution in [0.5, 0.6) is 5.75 Å². The highest BCUT2D eigenvalue weighted by molar-refractivity contribution is 5.69. The molecular formula is C20H19F3O4. The van der Waals surface area contributed by atoms with E-state index < -0.39 is 23.3 Å². The number of hydrogen-bond donors (Lipinski definition) is 1. The maximum absolute atomic E-state index is 12.9. The van der Waals surface area contributed by atoms with Gasteiger partial charge in [-0.15, -0.1) is 0 Å². The van der Waals surface area contributed by atoms with E-state index in [1.807, 2.05) is 6.92 Å². The minimum absolute atomic E-state index is 0.00225. The molecule has 4 nitrogen and oxygen atoms in total. The van der Waals surface area contributed by atoms with Crippen LogP contribution in [0.25, 0.3) is 0 Å². The number of alkyl halides is 3. The Bertz CT molecular complexity index is 845. The van der Waals surface area contributed by atoms with E-state index in [0.29, 0.717) is 16.9 Å². The fourth-order valence-electron chi connectivity index (χ4n) is 3.09. The molecule has 0 amide bonds. The first kappa shape index (κ1) is 19.2. The van der Waals surface area contributed by atoms with Crippen LogP contribution in [-0.2, 0) is 27.9 Å². The average Bonchev–Trinajstić information content (AvgIpc) is 3.23. The van der Waals surface area contributed by atoms with E-state index in [0.717, 1.165) is 17.7 Å². The van der Waals surface area contributed by atoms with Crippen molar-refractivity contribution in [2.75, 3.05) is 0 Å². The van der Waals surface area contributed by atoms with Crippen LogP contribution < -0.4 is 4.74 Å². The summed E-state index contributed by atoms with van der Waals surface area (Å²) < 4.78 is 49.7. The fourth-order valence-corrected chi connectivity index (χ4v) is 3.09. The van der Waals surface area contributed by atoms with Crippen LogP contribution >= 0.6 is 0 Å². The van der Waals surface area contributed by atoms with Gasteiger partial charge in [-0.3, -0.25) is 4.79 Å². The minimum Gasteiger partial charge on any atom is -0.489 e. The third-order valence-electron chi connectivity index (χ3n) is 4.81. The third-order valence-corrected chi connectivity index (χ3v) is 4.81. The van der Waals surface area contributed by atoms with Crippen molar-refractivity contribution in [2.24, 2.45) is 0 Å². The molecule has 0 radical (unpaired) electrons. The van der Waals surface area contributed by atoms with Gasteiger partial charge in [0.2, 0.25) is 0 Å². The zero-order chi connectivity index (χ0) is 19.8. The van der Waals surface area contributed by atoms with Crippen LogP contribution in [-0.4, -0.2) is 17.2 Å². The van der Waals surface area contributed by atoms with E-state index >= 15 is 0 Å². The Labute approximate surface area is 154 Å². The molecule has 7 heteroatoms. The van der Waals surface area contributed by atoms with Crippen LogP contribution in [0.15, 0.2) is 42.5 Å². The number of benzene rings is 2. The topological polar surface area (TPSA) is 59.1 Å². The van der Waals surface area contributed by atoms with Gasteiger partial charge in [-0.2, -0.15) is 13.2 Å². The molecule has 1 fully saturated rings. The zero-order valence-corrected chi connectivity index (χ0v) is 14.8. The number of rotatable bonds is 6. The van der Waals surface area contributed by atoms with Crippen molar-refractivity contribution in [2.45, 2.75) is 44.8 Å². The Morgan fingerprint density at radius 3 is 2.37 bits per heavy atom. The van der Waals surface area contributed by atoms with Gasteiger partial charge in [0, 0.05) is 0 Å². The standard InChI is InChI=1S/C20H19F3O4/c1-12-3-4-16(20(21,22)23)9-14(12)11-26-17-7-5-15(6-8-17)19(10-18(24)25)13(2)27-19/h3-9,13H,10-11H2,1-2H3,(H,24,25). The van der Waals surface area contributed by atoms with Crippen molar-refractivity contribution < 1.29 is 32.5 Å². The molecule has 0 saturated carbocycles. The first-order chi connectivity index (χ1) is 12.6. The highest BCUT2D eigenvalue weighted by atomic mass is 19.4. The van der Waals surface area contributed by atoms with Crippen LogP contribution in [0.3, 0.4) is 0 Å². The molecule has 2 aromatic carbocycles. The van der Waals surface area contributed by atoms with Gasteiger partial charge in [0.05, 0.1) is 18.1 Å². The molecule has 2 atom stereocenters. The Morgan fingerprint density at radius 2 is 1.85 bits per heavy atom. The second-order valence-electron chi connectivity index (χ2n) is 6.67. The quantitative estimate of drug-likeness (QED) is 0.739. The molecule has 0 bridgehead atoms. The second-order valence-corrected chi connectivity index (χ2v) is 6.67. The van der Waals surface area contributed by atoms with E-state index in [1.165, 1.54) is 6.07 Å². The summed E-state index contributed by atoms with van der Waals surface area (Å²) in [5.74, 6) is -0.464. The molecule has 2 unspecified atom stereocenters. The summed E-state index contributed by atoms with van der Waals surface area (Å²) in [4.78, 5) is 11.0. The maximum atomic E-state index is 12.9. The number of carbonyl (C=O) groups is 1. The van der Waals surface area contributed by atoms with Gasteiger partial charge < -0.3 is 14.6 Å². The first-order valence-corrected chi connectivity index (χ1v) is 8.41. The molecule has 1 aliphatic rings. The number of carboxylic acids is 1. The largest absolute Gasteiger partial charge is 0.489 e. The lowest BCUT2D eigenvalue weighted by atomic mass is 9.92. The van der Waals surface area contributed by atoms with Gasteiger partial charge in [-0.05, 0) is 54.8 Å². The Hall–Kier alpha value is -2.54. The van der Waals surface area contributed by atoms with Gasteiger partial charge >= 0.3 is 12.1 Å². The Morgan fingerprint density at radius 1 is 1.22 bits per heavy atom. The van der Waals surface area contributed by atoms with Crippen molar-refractivity contribution in [1.29, 1.82) is 0 Å². The predicted molar refractivity (Wildman–Crippen MR) is 91.4 cm³/mol. The molecular weight excluding hydrogens is 361 g/mol. The van der Waals surface area contributed by atoms with Gasteiger partial charge in [0.25, 0.3) is 0 Å². The summed E-state index contributed by atoms with van der Waals surface area (Å²) in [5, 5.41) is 9.05. The van der Waals surface area contributed by atoms with Crippen molar-refractivity contribution in [3.05, 3.63) is 64.7 Å². The van der Waals surface area contributed by atoms with Crippen molar-refractivity contribution in [1.82, 2.24) is 0 Å². The molecule has 1 N–H and O–H groups in total. The summed E-state index contributed by atoms with van der Waals surface area (Å²) in [6.45, 7) is 3.54. The van der Waals surface area contributed by atoms with E-state index in [-0.39, 0.29) is 19.1 Å². The first-order valence-electron chi connectivity index (χ1n) is 8.41. The molecule has 0 spiro atoms. The molecule has 2 aromatic rings. The van der Waals surface area contributed by atoms with Crippen LogP contribution in [0, 0.1) is 6.92 Å². The van der Waals surface area contributed by atoms with Crippen molar-refractivity contribution in [3.63, 3.8) is 0 Å². The number of carboxylic acid groups (broad SMARTS) is 1. The van der Waals surface area contributed by atoms with Gasteiger partial charge in [-0.1, -0.05) is 18.2 Å². The molecule has 1 heterocycles. The Kier molecular flexibility index (Phi) is 4.90. The molecule has 0 aliphatic carbocycles. The Balaban J connectivity index is 1.70. The molecule has 0 aromatic heterocycles. The zero-order valence-electron chi connectivity index (χ0n) is 14.8. The maximum Gasteiger partial charge on any atom is 0.416 e. The number of aryl methyl sites for hydroxylation is 1. The summed E-state index contributed by atoms with van der Waals surface area (Å²) >= 11 is 0. The van der Waals surface area contributed by atoms with Crippen molar-refractivity contribution >= 4 is 5.97 Å². The minimum atomic E-state index is -4.40. The second kappa shape index (κ2) is 6.88.